The smallest absolute Gasteiger partial charge is 0.263 e. The van der Waals surface area contributed by atoms with E-state index in [-0.39, 0.29) is 18.3 Å². The lowest BCUT2D eigenvalue weighted by atomic mass is 10.1. The molecule has 5 nitrogen and oxygen atoms in total. The number of ketones is 1. The van der Waals surface area contributed by atoms with E-state index >= 15 is 0 Å². The molecule has 112 valence electrons. The predicted octanol–water partition coefficient (Wildman–Crippen LogP) is 2.04. The van der Waals surface area contributed by atoms with E-state index in [9.17, 15) is 9.59 Å². The molecule has 2 heterocycles. The van der Waals surface area contributed by atoms with Crippen molar-refractivity contribution in [2.24, 2.45) is 0 Å². The third-order valence-corrected chi connectivity index (χ3v) is 3.94. The Hall–Kier alpha value is -2.04. The highest BCUT2D eigenvalue weighted by atomic mass is 16.5. The largest absolute Gasteiger partial charge is 0.485 e. The van der Waals surface area contributed by atoms with Crippen LogP contribution in [0.4, 0.5) is 0 Å². The van der Waals surface area contributed by atoms with Gasteiger partial charge in [-0.15, -0.1) is 0 Å². The Labute approximate surface area is 123 Å². The Balaban J connectivity index is 1.66. The van der Waals surface area contributed by atoms with Crippen LogP contribution in [0, 0.1) is 0 Å². The maximum Gasteiger partial charge on any atom is 0.263 e. The topological polar surface area (TPSA) is 55.8 Å². The van der Waals surface area contributed by atoms with Crippen LogP contribution < -0.4 is 9.47 Å². The fourth-order valence-electron chi connectivity index (χ4n) is 2.77. The summed E-state index contributed by atoms with van der Waals surface area (Å²) in [5.74, 6) is 1.10. The quantitative estimate of drug-likeness (QED) is 0.854. The van der Waals surface area contributed by atoms with E-state index in [0.29, 0.717) is 17.1 Å². The number of hydrogen-bond acceptors (Lipinski definition) is 4. The van der Waals surface area contributed by atoms with Crippen LogP contribution in [0.5, 0.6) is 11.5 Å². The first-order valence-electron chi connectivity index (χ1n) is 7.40. The van der Waals surface area contributed by atoms with E-state index in [1.54, 1.807) is 25.1 Å². The van der Waals surface area contributed by atoms with Gasteiger partial charge < -0.3 is 14.4 Å². The van der Waals surface area contributed by atoms with E-state index in [1.807, 2.05) is 4.90 Å². The first-order valence-corrected chi connectivity index (χ1v) is 7.40. The first-order chi connectivity index (χ1) is 10.1. The molecule has 1 atom stereocenters. The molecule has 0 saturated carbocycles. The highest BCUT2D eigenvalue weighted by Crippen LogP contribution is 2.30. The molecule has 5 heteroatoms. The van der Waals surface area contributed by atoms with Gasteiger partial charge in [0.1, 0.15) is 11.5 Å². The zero-order valence-corrected chi connectivity index (χ0v) is 12.1. The first kappa shape index (κ1) is 13.9. The molecule has 2 aliphatic heterocycles. The van der Waals surface area contributed by atoms with Crippen molar-refractivity contribution in [1.82, 2.24) is 4.90 Å². The summed E-state index contributed by atoms with van der Waals surface area (Å²) in [6, 6.07) is 5.09. The molecule has 1 saturated heterocycles. The lowest BCUT2D eigenvalue weighted by molar-refractivity contribution is -0.138. The minimum Gasteiger partial charge on any atom is -0.485 e. The standard InChI is InChI=1S/C16H19NO4/c1-11(16(19)17-7-3-2-4-8-17)21-12-5-6-13-14(18)10-20-15(13)9-12/h5-6,9,11H,2-4,7-8,10H2,1H3. The summed E-state index contributed by atoms with van der Waals surface area (Å²) in [6.45, 7) is 3.47. The Bertz CT molecular complexity index is 563. The molecule has 3 rings (SSSR count). The number of carbonyl (C=O) groups is 2. The lowest BCUT2D eigenvalue weighted by Crippen LogP contribution is -2.43. The zero-order valence-electron chi connectivity index (χ0n) is 12.1. The molecule has 1 unspecified atom stereocenters. The van der Waals surface area contributed by atoms with Gasteiger partial charge in [0.05, 0.1) is 5.56 Å². The molecule has 1 fully saturated rings. The number of Topliss-reactive ketones (excluding diaryl/α,β-unsaturated/α-hetero) is 1. The molecule has 21 heavy (non-hydrogen) atoms. The summed E-state index contributed by atoms with van der Waals surface area (Å²) in [5.41, 5.74) is 0.581. The predicted molar refractivity (Wildman–Crippen MR) is 76.8 cm³/mol. The second kappa shape index (κ2) is 5.76. The van der Waals surface area contributed by atoms with Crippen LogP contribution in [0.1, 0.15) is 36.5 Å². The van der Waals surface area contributed by atoms with Crippen molar-refractivity contribution in [3.05, 3.63) is 23.8 Å². The minimum absolute atomic E-state index is 0.0195. The van der Waals surface area contributed by atoms with Gasteiger partial charge >= 0.3 is 0 Å². The van der Waals surface area contributed by atoms with Gasteiger partial charge in [-0.1, -0.05) is 0 Å². The van der Waals surface area contributed by atoms with Crippen molar-refractivity contribution in [1.29, 1.82) is 0 Å². The third kappa shape index (κ3) is 2.86. The fourth-order valence-corrected chi connectivity index (χ4v) is 2.77. The van der Waals surface area contributed by atoms with Crippen molar-refractivity contribution < 1.29 is 19.1 Å². The molecule has 0 bridgehead atoms. The zero-order chi connectivity index (χ0) is 14.8. The Kier molecular flexibility index (Phi) is 3.82. The third-order valence-electron chi connectivity index (χ3n) is 3.94. The highest BCUT2D eigenvalue weighted by molar-refractivity contribution is 6.02. The van der Waals surface area contributed by atoms with Crippen LogP contribution in [-0.2, 0) is 4.79 Å². The van der Waals surface area contributed by atoms with Crippen LogP contribution >= 0.6 is 0 Å². The molecular weight excluding hydrogens is 270 g/mol. The van der Waals surface area contributed by atoms with E-state index in [1.165, 1.54) is 6.42 Å². The molecule has 1 amide bonds. The van der Waals surface area contributed by atoms with E-state index < -0.39 is 6.10 Å². The Morgan fingerprint density at radius 1 is 1.29 bits per heavy atom. The number of rotatable bonds is 3. The SMILES string of the molecule is CC(Oc1ccc2c(c1)OCC2=O)C(=O)N1CCCCC1. The van der Waals surface area contributed by atoms with Crippen molar-refractivity contribution >= 4 is 11.7 Å². The summed E-state index contributed by atoms with van der Waals surface area (Å²) in [6.07, 6.45) is 2.79. The minimum atomic E-state index is -0.529. The molecule has 0 spiro atoms. The lowest BCUT2D eigenvalue weighted by Gasteiger charge is -2.29. The van der Waals surface area contributed by atoms with Gasteiger partial charge in [-0.05, 0) is 38.3 Å². The van der Waals surface area contributed by atoms with Crippen LogP contribution in [0.2, 0.25) is 0 Å². The second-order valence-electron chi connectivity index (χ2n) is 5.52. The van der Waals surface area contributed by atoms with Crippen LogP contribution in [-0.4, -0.2) is 42.4 Å². The van der Waals surface area contributed by atoms with Gasteiger partial charge in [0.25, 0.3) is 5.91 Å². The fraction of sp³-hybridized carbons (Fsp3) is 0.500. The summed E-state index contributed by atoms with van der Waals surface area (Å²) >= 11 is 0. The Morgan fingerprint density at radius 2 is 2.05 bits per heavy atom. The molecule has 2 aliphatic rings. The second-order valence-corrected chi connectivity index (χ2v) is 5.52. The average Bonchev–Trinajstić information content (AvgIpc) is 2.88. The molecule has 0 aliphatic carbocycles. The molecule has 0 aromatic heterocycles. The summed E-state index contributed by atoms with van der Waals surface area (Å²) < 4.78 is 11.0. The van der Waals surface area contributed by atoms with Crippen LogP contribution in [0.25, 0.3) is 0 Å². The van der Waals surface area contributed by atoms with Gasteiger partial charge in [-0.25, -0.2) is 0 Å². The molecule has 1 aromatic rings. The highest BCUT2D eigenvalue weighted by Gasteiger charge is 2.25. The number of hydrogen-bond donors (Lipinski definition) is 0. The van der Waals surface area contributed by atoms with Crippen molar-refractivity contribution in [2.75, 3.05) is 19.7 Å². The summed E-state index contributed by atoms with van der Waals surface area (Å²) in [4.78, 5) is 25.7. The number of fused-ring (bicyclic) bond motifs is 1. The normalized spacial score (nSPS) is 18.9. The Morgan fingerprint density at radius 3 is 2.81 bits per heavy atom. The van der Waals surface area contributed by atoms with E-state index in [0.717, 1.165) is 25.9 Å². The van der Waals surface area contributed by atoms with E-state index in [4.69, 9.17) is 9.47 Å². The van der Waals surface area contributed by atoms with Crippen molar-refractivity contribution in [2.45, 2.75) is 32.3 Å². The number of amides is 1. The van der Waals surface area contributed by atoms with Crippen LogP contribution in [0.15, 0.2) is 18.2 Å². The van der Waals surface area contributed by atoms with Gasteiger partial charge in [0.15, 0.2) is 12.7 Å². The molecular formula is C16H19NO4. The van der Waals surface area contributed by atoms with Gasteiger partial charge in [-0.3, -0.25) is 9.59 Å². The number of piperidine rings is 1. The number of likely N-dealkylation sites (tertiary alicyclic amines) is 1. The van der Waals surface area contributed by atoms with Crippen molar-refractivity contribution in [3.8, 4) is 11.5 Å². The molecule has 0 radical (unpaired) electrons. The van der Waals surface area contributed by atoms with E-state index in [2.05, 4.69) is 0 Å². The van der Waals surface area contributed by atoms with Crippen LogP contribution in [0.3, 0.4) is 0 Å². The number of nitrogens with zero attached hydrogens (tertiary/aromatic N) is 1. The molecule has 1 aromatic carbocycles. The van der Waals surface area contributed by atoms with Gasteiger partial charge in [0.2, 0.25) is 5.78 Å². The van der Waals surface area contributed by atoms with Gasteiger partial charge in [-0.2, -0.15) is 0 Å². The number of benzene rings is 1. The molecule has 0 N–H and O–H groups in total. The maximum atomic E-state index is 12.3. The van der Waals surface area contributed by atoms with Crippen molar-refractivity contribution in [3.63, 3.8) is 0 Å². The average molecular weight is 289 g/mol. The monoisotopic (exact) mass is 289 g/mol. The number of ether oxygens (including phenoxy) is 2. The summed E-state index contributed by atoms with van der Waals surface area (Å²) in [5, 5.41) is 0. The summed E-state index contributed by atoms with van der Waals surface area (Å²) in [7, 11) is 0. The van der Waals surface area contributed by atoms with Gasteiger partial charge in [0, 0.05) is 19.2 Å². The maximum absolute atomic E-state index is 12.3. The number of carbonyl (C=O) groups excluding carboxylic acids is 2.